The number of thiol groups is 1. The third kappa shape index (κ3) is 3.00. The Hall–Kier alpha value is -0.500. The number of hydrogen-bond donors (Lipinski definition) is 1. The van der Waals surface area contributed by atoms with Gasteiger partial charge in [0.15, 0.2) is 0 Å². The molecule has 0 atom stereocenters. The molecule has 0 N–H and O–H groups in total. The van der Waals surface area contributed by atoms with Crippen molar-refractivity contribution in [2.24, 2.45) is 0 Å². The van der Waals surface area contributed by atoms with Crippen molar-refractivity contribution >= 4 is 22.5 Å². The van der Waals surface area contributed by atoms with Gasteiger partial charge in [-0.05, 0) is 18.2 Å². The lowest BCUT2D eigenvalue weighted by Gasteiger charge is -2.15. The Balaban J connectivity index is 3.40. The van der Waals surface area contributed by atoms with Gasteiger partial charge in [-0.2, -0.15) is 26.3 Å². The van der Waals surface area contributed by atoms with Gasteiger partial charge in [0.2, 0.25) is 0 Å². The lowest BCUT2D eigenvalue weighted by Crippen LogP contribution is -2.16. The van der Waals surface area contributed by atoms with Crippen LogP contribution in [0.25, 0.3) is 0 Å². The van der Waals surface area contributed by atoms with E-state index in [1.165, 1.54) is 0 Å². The minimum Gasteiger partial charge on any atom is -0.166 e. The molecule has 0 aliphatic heterocycles. The normalized spacial score (nSPS) is 12.9. The van der Waals surface area contributed by atoms with Crippen LogP contribution in [0.4, 0.5) is 26.3 Å². The van der Waals surface area contributed by atoms with Crippen LogP contribution in [0.3, 0.4) is 0 Å². The molecule has 16 heavy (non-hydrogen) atoms. The van der Waals surface area contributed by atoms with Crippen LogP contribution in [0.15, 0.2) is 23.1 Å². The SMILES string of the molecule is FC(F)(F)c1ccc(SS)cc1C(F)(F)F. The molecule has 8 heteroatoms. The first-order valence-corrected chi connectivity index (χ1v) is 5.63. The van der Waals surface area contributed by atoms with Crippen molar-refractivity contribution in [3.05, 3.63) is 29.3 Å². The van der Waals surface area contributed by atoms with Crippen LogP contribution >= 0.6 is 22.5 Å². The number of halogens is 6. The van der Waals surface area contributed by atoms with Crippen molar-refractivity contribution in [1.29, 1.82) is 0 Å². The molecule has 1 rings (SSSR count). The summed E-state index contributed by atoms with van der Waals surface area (Å²) in [5, 5.41) is 0. The molecule has 0 nitrogen and oxygen atoms in total. The van der Waals surface area contributed by atoms with Crippen LogP contribution in [0.1, 0.15) is 11.1 Å². The minimum absolute atomic E-state index is 0.00339. The molecule has 0 aliphatic carbocycles. The summed E-state index contributed by atoms with van der Waals surface area (Å²) in [6.45, 7) is 0. The third-order valence-electron chi connectivity index (χ3n) is 1.71. The van der Waals surface area contributed by atoms with Crippen molar-refractivity contribution in [1.82, 2.24) is 0 Å². The standard InChI is InChI=1S/C8H4F6S2/c9-7(10,11)5-2-1-4(16-15)3-6(5)8(12,13)14/h1-3,15H. The Morgan fingerprint density at radius 2 is 1.38 bits per heavy atom. The fraction of sp³-hybridized carbons (Fsp3) is 0.250. The molecule has 0 aliphatic rings. The second kappa shape index (κ2) is 4.40. The fourth-order valence-corrected chi connectivity index (χ4v) is 1.70. The maximum absolute atomic E-state index is 12.4. The van der Waals surface area contributed by atoms with Gasteiger partial charge in [-0.1, -0.05) is 10.8 Å². The highest BCUT2D eigenvalue weighted by Crippen LogP contribution is 2.41. The maximum atomic E-state index is 12.4. The van der Waals surface area contributed by atoms with E-state index in [0.717, 1.165) is 6.07 Å². The quantitative estimate of drug-likeness (QED) is 0.443. The summed E-state index contributed by atoms with van der Waals surface area (Å²) in [7, 11) is 0.646. The van der Waals surface area contributed by atoms with Crippen LogP contribution < -0.4 is 0 Å². The van der Waals surface area contributed by atoms with E-state index < -0.39 is 23.5 Å². The lowest BCUT2D eigenvalue weighted by atomic mass is 10.1. The zero-order valence-corrected chi connectivity index (χ0v) is 9.07. The summed E-state index contributed by atoms with van der Waals surface area (Å²) in [6.07, 6.45) is -10.1. The molecular weight excluding hydrogens is 274 g/mol. The van der Waals surface area contributed by atoms with Gasteiger partial charge in [0.1, 0.15) is 0 Å². The highest BCUT2D eigenvalue weighted by molar-refractivity contribution is 8.68. The van der Waals surface area contributed by atoms with Gasteiger partial charge < -0.3 is 0 Å². The highest BCUT2D eigenvalue weighted by atomic mass is 33.1. The first-order chi connectivity index (χ1) is 7.16. The largest absolute Gasteiger partial charge is 0.417 e. The van der Waals surface area contributed by atoms with Gasteiger partial charge in [-0.25, -0.2) is 0 Å². The first kappa shape index (κ1) is 13.6. The van der Waals surface area contributed by atoms with Crippen molar-refractivity contribution in [3.8, 4) is 0 Å². The second-order valence-corrected chi connectivity index (χ2v) is 4.00. The Labute approximate surface area is 95.8 Å². The molecule has 0 fully saturated rings. The number of alkyl halides is 6. The molecule has 1 aromatic rings. The monoisotopic (exact) mass is 278 g/mol. The molecule has 0 saturated carbocycles. The first-order valence-electron chi connectivity index (χ1n) is 3.76. The van der Waals surface area contributed by atoms with E-state index in [1.54, 1.807) is 0 Å². The van der Waals surface area contributed by atoms with Crippen LogP contribution in [0.5, 0.6) is 0 Å². The average molecular weight is 278 g/mol. The fourth-order valence-electron chi connectivity index (χ4n) is 1.06. The number of hydrogen-bond acceptors (Lipinski definition) is 2. The zero-order valence-electron chi connectivity index (χ0n) is 7.36. The van der Waals surface area contributed by atoms with E-state index in [2.05, 4.69) is 11.7 Å². The molecule has 0 unspecified atom stereocenters. The molecule has 90 valence electrons. The Kier molecular flexibility index (Phi) is 3.73. The summed E-state index contributed by atoms with van der Waals surface area (Å²) in [5.74, 6) is 0. The lowest BCUT2D eigenvalue weighted by molar-refractivity contribution is -0.162. The molecule has 0 radical (unpaired) electrons. The summed E-state index contributed by atoms with van der Waals surface area (Å²) in [4.78, 5) is 0.00339. The predicted molar refractivity (Wildman–Crippen MR) is 51.3 cm³/mol. The van der Waals surface area contributed by atoms with Crippen LogP contribution in [-0.2, 0) is 12.4 Å². The van der Waals surface area contributed by atoms with E-state index in [4.69, 9.17) is 0 Å². The zero-order chi connectivity index (χ0) is 12.6. The molecule has 0 bridgehead atoms. The summed E-state index contributed by atoms with van der Waals surface area (Å²) >= 11 is 3.63. The van der Waals surface area contributed by atoms with Crippen molar-refractivity contribution in [3.63, 3.8) is 0 Å². The van der Waals surface area contributed by atoms with Crippen LogP contribution in [0, 0.1) is 0 Å². The van der Waals surface area contributed by atoms with Gasteiger partial charge in [0, 0.05) is 4.90 Å². The Morgan fingerprint density at radius 3 is 1.75 bits per heavy atom. The third-order valence-corrected chi connectivity index (χ3v) is 2.80. The van der Waals surface area contributed by atoms with E-state index in [0.29, 0.717) is 22.9 Å². The topological polar surface area (TPSA) is 0 Å². The summed E-state index contributed by atoms with van der Waals surface area (Å²) in [6, 6.07) is 1.78. The number of rotatable bonds is 1. The van der Waals surface area contributed by atoms with E-state index in [9.17, 15) is 26.3 Å². The summed E-state index contributed by atoms with van der Waals surface area (Å²) < 4.78 is 73.9. The van der Waals surface area contributed by atoms with E-state index in [-0.39, 0.29) is 4.90 Å². The summed E-state index contributed by atoms with van der Waals surface area (Å²) in [5.41, 5.74) is -3.38. The smallest absolute Gasteiger partial charge is 0.166 e. The minimum atomic E-state index is -5.04. The van der Waals surface area contributed by atoms with Crippen LogP contribution in [0.2, 0.25) is 0 Å². The molecule has 0 amide bonds. The van der Waals surface area contributed by atoms with Gasteiger partial charge in [0.05, 0.1) is 11.1 Å². The molecule has 1 aromatic carbocycles. The Bertz CT molecular complexity index is 381. The highest BCUT2D eigenvalue weighted by Gasteiger charge is 2.42. The van der Waals surface area contributed by atoms with Crippen molar-refractivity contribution < 1.29 is 26.3 Å². The molecule has 0 aromatic heterocycles. The van der Waals surface area contributed by atoms with E-state index in [1.807, 2.05) is 0 Å². The second-order valence-electron chi connectivity index (χ2n) is 2.79. The van der Waals surface area contributed by atoms with Crippen molar-refractivity contribution in [2.75, 3.05) is 0 Å². The van der Waals surface area contributed by atoms with Crippen LogP contribution in [-0.4, -0.2) is 0 Å². The maximum Gasteiger partial charge on any atom is 0.417 e. The molecule has 0 saturated heterocycles. The predicted octanol–water partition coefficient (Wildman–Crippen LogP) is 4.66. The molecule has 0 spiro atoms. The van der Waals surface area contributed by atoms with E-state index >= 15 is 0 Å². The molecule has 0 heterocycles. The van der Waals surface area contributed by atoms with Crippen molar-refractivity contribution in [2.45, 2.75) is 17.2 Å². The molecular formula is C8H4F6S2. The van der Waals surface area contributed by atoms with Gasteiger partial charge >= 0.3 is 12.4 Å². The van der Waals surface area contributed by atoms with Gasteiger partial charge in [0.25, 0.3) is 0 Å². The van der Waals surface area contributed by atoms with Gasteiger partial charge in [-0.15, -0.1) is 11.7 Å². The Morgan fingerprint density at radius 1 is 0.875 bits per heavy atom. The van der Waals surface area contributed by atoms with Gasteiger partial charge in [-0.3, -0.25) is 0 Å². The number of benzene rings is 1. The average Bonchev–Trinajstić information content (AvgIpc) is 2.14.